The zero-order valence-electron chi connectivity index (χ0n) is 17.5. The van der Waals surface area contributed by atoms with Crippen LogP contribution in [0.2, 0.25) is 0 Å². The summed E-state index contributed by atoms with van der Waals surface area (Å²) in [7, 11) is 0. The number of nitrogens with one attached hydrogen (secondary N) is 1. The molecule has 33 heavy (non-hydrogen) atoms. The van der Waals surface area contributed by atoms with Crippen molar-refractivity contribution in [3.8, 4) is 22.6 Å². The molecule has 0 atom stereocenters. The zero-order chi connectivity index (χ0) is 23.2. The van der Waals surface area contributed by atoms with Gasteiger partial charge in [-0.15, -0.1) is 16.4 Å². The summed E-state index contributed by atoms with van der Waals surface area (Å²) >= 11 is 2.42. The van der Waals surface area contributed by atoms with Crippen molar-refractivity contribution >= 4 is 40.0 Å². The molecule has 11 heteroatoms. The first kappa shape index (κ1) is 22.5. The first-order valence-corrected chi connectivity index (χ1v) is 11.8. The minimum atomic E-state index is -0.489. The van der Waals surface area contributed by atoms with E-state index in [4.69, 9.17) is 4.74 Å². The molecule has 4 aromatic rings. The summed E-state index contributed by atoms with van der Waals surface area (Å²) in [6, 6.07) is 15.8. The van der Waals surface area contributed by atoms with E-state index < -0.39 is 5.97 Å². The van der Waals surface area contributed by atoms with E-state index in [1.165, 1.54) is 28.2 Å². The first-order chi connectivity index (χ1) is 16.1. The van der Waals surface area contributed by atoms with Crippen LogP contribution in [-0.2, 0) is 9.53 Å². The number of benzene rings is 2. The predicted molar refractivity (Wildman–Crippen MR) is 126 cm³/mol. The van der Waals surface area contributed by atoms with Crippen molar-refractivity contribution < 1.29 is 19.4 Å². The van der Waals surface area contributed by atoms with Crippen molar-refractivity contribution in [3.63, 3.8) is 0 Å². The Hall–Kier alpha value is -3.70. The summed E-state index contributed by atoms with van der Waals surface area (Å²) in [5.41, 5.74) is 2.55. The van der Waals surface area contributed by atoms with Gasteiger partial charge in [-0.2, -0.15) is 4.68 Å². The van der Waals surface area contributed by atoms with Crippen LogP contribution in [0.3, 0.4) is 0 Å². The van der Waals surface area contributed by atoms with Crippen LogP contribution in [0.15, 0.2) is 65.1 Å². The molecule has 168 valence electrons. The molecule has 9 nitrogen and oxygen atoms in total. The van der Waals surface area contributed by atoms with Gasteiger partial charge in [-0.25, -0.2) is 4.79 Å². The lowest BCUT2D eigenvalue weighted by atomic mass is 10.0. The zero-order valence-corrected chi connectivity index (χ0v) is 19.1. The van der Waals surface area contributed by atoms with E-state index >= 15 is 0 Å². The Morgan fingerprint density at radius 3 is 2.64 bits per heavy atom. The van der Waals surface area contributed by atoms with Gasteiger partial charge in [0.2, 0.25) is 11.1 Å². The third kappa shape index (κ3) is 5.21. The van der Waals surface area contributed by atoms with E-state index in [9.17, 15) is 14.7 Å². The lowest BCUT2D eigenvalue weighted by Gasteiger charge is -2.09. The van der Waals surface area contributed by atoms with Gasteiger partial charge in [-0.1, -0.05) is 42.1 Å². The molecule has 0 spiro atoms. The number of esters is 1. The van der Waals surface area contributed by atoms with Gasteiger partial charge in [-0.3, -0.25) is 4.79 Å². The molecule has 2 heterocycles. The van der Waals surface area contributed by atoms with Gasteiger partial charge >= 0.3 is 5.97 Å². The summed E-state index contributed by atoms with van der Waals surface area (Å²) in [4.78, 5) is 25.3. The number of anilines is 1. The van der Waals surface area contributed by atoms with E-state index in [1.807, 2.05) is 35.7 Å². The van der Waals surface area contributed by atoms with Crippen LogP contribution >= 0.6 is 23.1 Å². The van der Waals surface area contributed by atoms with E-state index in [2.05, 4.69) is 20.8 Å². The average Bonchev–Trinajstić information content (AvgIpc) is 3.46. The Labute approximate surface area is 197 Å². The molecular formula is C22H19N5O4S2. The Morgan fingerprint density at radius 1 is 1.15 bits per heavy atom. The summed E-state index contributed by atoms with van der Waals surface area (Å²) in [6.45, 7) is 1.96. The molecular weight excluding hydrogens is 462 g/mol. The number of thioether (sulfide) groups is 1. The average molecular weight is 482 g/mol. The van der Waals surface area contributed by atoms with E-state index in [0.29, 0.717) is 27.0 Å². The smallest absolute Gasteiger partial charge is 0.341 e. The molecule has 0 radical (unpaired) electrons. The Bertz CT molecular complexity index is 1260. The van der Waals surface area contributed by atoms with Crippen LogP contribution in [-0.4, -0.2) is 49.6 Å². The molecule has 2 N–H and O–H groups in total. The number of aromatic nitrogens is 4. The number of nitrogens with zero attached hydrogens (tertiary/aromatic N) is 4. The third-order valence-electron chi connectivity index (χ3n) is 4.48. The maximum atomic E-state index is 12.7. The quantitative estimate of drug-likeness (QED) is 0.286. The van der Waals surface area contributed by atoms with Crippen molar-refractivity contribution in [2.45, 2.75) is 12.1 Å². The van der Waals surface area contributed by atoms with Crippen LogP contribution < -0.4 is 5.32 Å². The summed E-state index contributed by atoms with van der Waals surface area (Å²) < 4.78 is 6.70. The van der Waals surface area contributed by atoms with Gasteiger partial charge < -0.3 is 15.2 Å². The molecule has 0 bridgehead atoms. The number of ether oxygens (including phenoxy) is 1. The second-order valence-corrected chi connectivity index (χ2v) is 8.49. The second kappa shape index (κ2) is 10.3. The van der Waals surface area contributed by atoms with Crippen molar-refractivity contribution in [1.82, 2.24) is 20.2 Å². The number of carbonyl (C=O) groups excluding carboxylic acids is 2. The van der Waals surface area contributed by atoms with Gasteiger partial charge in [0.1, 0.15) is 16.3 Å². The SMILES string of the molecule is CCOC(=O)c1c(-c2ccccc2)csc1NC(=O)CSc1nnnn1-c1ccc(O)cc1. The summed E-state index contributed by atoms with van der Waals surface area (Å²) in [6.07, 6.45) is 0. The predicted octanol–water partition coefficient (Wildman–Crippen LogP) is 4.00. The standard InChI is InChI=1S/C22H19N5O4S2/c1-2-31-21(30)19-17(14-6-4-3-5-7-14)12-32-20(19)23-18(29)13-33-22-24-25-26-27(22)15-8-10-16(28)11-9-15/h3-12,28H,2,13H2,1H3,(H,23,29). The third-order valence-corrected chi connectivity index (χ3v) is 6.29. The van der Waals surface area contributed by atoms with Crippen LogP contribution in [0.25, 0.3) is 16.8 Å². The summed E-state index contributed by atoms with van der Waals surface area (Å²) in [5, 5.41) is 26.5. The van der Waals surface area contributed by atoms with Gasteiger partial charge in [0.05, 0.1) is 18.0 Å². The highest BCUT2D eigenvalue weighted by Gasteiger charge is 2.23. The fourth-order valence-electron chi connectivity index (χ4n) is 3.00. The van der Waals surface area contributed by atoms with Gasteiger partial charge in [0.25, 0.3) is 0 Å². The number of carbonyl (C=O) groups is 2. The van der Waals surface area contributed by atoms with Crippen LogP contribution in [0.1, 0.15) is 17.3 Å². The normalized spacial score (nSPS) is 10.7. The Morgan fingerprint density at radius 2 is 1.91 bits per heavy atom. The lowest BCUT2D eigenvalue weighted by molar-refractivity contribution is -0.113. The second-order valence-electron chi connectivity index (χ2n) is 6.67. The van der Waals surface area contributed by atoms with Crippen molar-refractivity contribution in [2.75, 3.05) is 17.7 Å². The minimum absolute atomic E-state index is 0.0271. The number of phenols is 1. The van der Waals surface area contributed by atoms with Crippen LogP contribution in [0.4, 0.5) is 5.00 Å². The molecule has 0 saturated heterocycles. The highest BCUT2D eigenvalue weighted by molar-refractivity contribution is 7.99. The molecule has 2 aromatic heterocycles. The Kier molecular flexibility index (Phi) is 7.01. The maximum absolute atomic E-state index is 12.7. The molecule has 0 fully saturated rings. The molecule has 0 aliphatic rings. The monoisotopic (exact) mass is 481 g/mol. The van der Waals surface area contributed by atoms with E-state index in [-0.39, 0.29) is 24.0 Å². The number of tetrazole rings is 1. The van der Waals surface area contributed by atoms with Crippen molar-refractivity contribution in [3.05, 3.63) is 65.5 Å². The number of rotatable bonds is 8. The van der Waals surface area contributed by atoms with Crippen LogP contribution in [0, 0.1) is 0 Å². The number of phenolic OH excluding ortho intramolecular Hbond substituents is 1. The number of thiophene rings is 1. The number of hydrogen-bond donors (Lipinski definition) is 2. The van der Waals surface area contributed by atoms with Crippen molar-refractivity contribution in [2.24, 2.45) is 0 Å². The van der Waals surface area contributed by atoms with Crippen LogP contribution in [0.5, 0.6) is 5.75 Å². The lowest BCUT2D eigenvalue weighted by Crippen LogP contribution is -2.16. The molecule has 0 aliphatic carbocycles. The highest BCUT2D eigenvalue weighted by atomic mass is 32.2. The van der Waals surface area contributed by atoms with Gasteiger partial charge in [0.15, 0.2) is 0 Å². The highest BCUT2D eigenvalue weighted by Crippen LogP contribution is 2.36. The molecule has 2 aromatic carbocycles. The van der Waals surface area contributed by atoms with Gasteiger partial charge in [0, 0.05) is 10.9 Å². The number of amides is 1. The minimum Gasteiger partial charge on any atom is -0.508 e. The molecule has 0 aliphatic heterocycles. The van der Waals surface area contributed by atoms with E-state index in [0.717, 1.165) is 17.3 Å². The number of hydrogen-bond acceptors (Lipinski definition) is 9. The van der Waals surface area contributed by atoms with Gasteiger partial charge in [-0.05, 0) is 47.2 Å². The first-order valence-electron chi connectivity index (χ1n) is 9.91. The molecule has 0 unspecified atom stereocenters. The fourth-order valence-corrected chi connectivity index (χ4v) is 4.67. The molecule has 4 rings (SSSR count). The fraction of sp³-hybridized carbons (Fsp3) is 0.136. The Balaban J connectivity index is 1.49. The molecule has 0 saturated carbocycles. The van der Waals surface area contributed by atoms with E-state index in [1.54, 1.807) is 19.1 Å². The van der Waals surface area contributed by atoms with Crippen molar-refractivity contribution in [1.29, 1.82) is 0 Å². The topological polar surface area (TPSA) is 119 Å². The maximum Gasteiger partial charge on any atom is 0.341 e. The number of aromatic hydroxyl groups is 1. The summed E-state index contributed by atoms with van der Waals surface area (Å²) in [5.74, 6) is -0.646. The largest absolute Gasteiger partial charge is 0.508 e. The molecule has 1 amide bonds.